The molecule has 110 valence electrons. The highest BCUT2D eigenvalue weighted by atomic mass is 16.5. The first-order valence-electron chi connectivity index (χ1n) is 7.27. The van der Waals surface area contributed by atoms with Gasteiger partial charge in [-0.2, -0.15) is 0 Å². The highest BCUT2D eigenvalue weighted by molar-refractivity contribution is 5.66. The molecule has 20 heavy (non-hydrogen) atoms. The summed E-state index contributed by atoms with van der Waals surface area (Å²) in [6.07, 6.45) is 2.20. The van der Waals surface area contributed by atoms with E-state index in [4.69, 9.17) is 9.84 Å². The maximum absolute atomic E-state index is 10.6. The Bertz CT molecular complexity index is 430. The summed E-state index contributed by atoms with van der Waals surface area (Å²) in [6.45, 7) is 5.73. The van der Waals surface area contributed by atoms with Gasteiger partial charge in [-0.15, -0.1) is 0 Å². The Balaban J connectivity index is 1.63. The zero-order valence-electron chi connectivity index (χ0n) is 12.0. The smallest absolute Gasteiger partial charge is 0.303 e. The lowest BCUT2D eigenvalue weighted by Gasteiger charge is -2.16. The quantitative estimate of drug-likeness (QED) is 0.832. The molecule has 1 aromatic rings. The van der Waals surface area contributed by atoms with Gasteiger partial charge in [-0.25, -0.2) is 0 Å². The number of likely N-dealkylation sites (tertiary alicyclic amines) is 1. The molecular weight excluding hydrogens is 254 g/mol. The monoisotopic (exact) mass is 277 g/mol. The van der Waals surface area contributed by atoms with E-state index in [1.807, 2.05) is 24.3 Å². The van der Waals surface area contributed by atoms with Crippen LogP contribution >= 0.6 is 0 Å². The van der Waals surface area contributed by atoms with Crippen molar-refractivity contribution in [3.8, 4) is 5.75 Å². The Hall–Kier alpha value is -1.55. The average Bonchev–Trinajstić information content (AvgIpc) is 2.87. The number of ether oxygens (including phenoxy) is 1. The van der Waals surface area contributed by atoms with E-state index in [2.05, 4.69) is 11.8 Å². The van der Waals surface area contributed by atoms with Crippen molar-refractivity contribution >= 4 is 5.97 Å². The number of carboxylic acid groups (broad SMARTS) is 1. The summed E-state index contributed by atoms with van der Waals surface area (Å²) >= 11 is 0. The fourth-order valence-corrected chi connectivity index (χ4v) is 2.61. The first-order valence-corrected chi connectivity index (χ1v) is 7.27. The fraction of sp³-hybridized carbons (Fsp3) is 0.562. The van der Waals surface area contributed by atoms with Gasteiger partial charge in [-0.1, -0.05) is 17.7 Å². The SMILES string of the molecule is Cc1ccc(OCCN2CCC(CCC(=O)O)C2)cc1. The van der Waals surface area contributed by atoms with E-state index in [0.29, 0.717) is 18.9 Å². The maximum Gasteiger partial charge on any atom is 0.303 e. The van der Waals surface area contributed by atoms with Crippen LogP contribution in [0.1, 0.15) is 24.8 Å². The number of hydrogen-bond acceptors (Lipinski definition) is 3. The molecule has 0 aromatic heterocycles. The highest BCUT2D eigenvalue weighted by Gasteiger charge is 2.22. The number of aliphatic carboxylic acids is 1. The number of benzene rings is 1. The zero-order chi connectivity index (χ0) is 14.4. The van der Waals surface area contributed by atoms with Gasteiger partial charge in [0.1, 0.15) is 12.4 Å². The lowest BCUT2D eigenvalue weighted by atomic mass is 10.0. The normalized spacial score (nSPS) is 19.1. The van der Waals surface area contributed by atoms with E-state index in [9.17, 15) is 4.79 Å². The van der Waals surface area contributed by atoms with Gasteiger partial charge in [0.2, 0.25) is 0 Å². The van der Waals surface area contributed by atoms with Gasteiger partial charge in [0.25, 0.3) is 0 Å². The molecule has 0 amide bonds. The van der Waals surface area contributed by atoms with Crippen LogP contribution in [0.5, 0.6) is 5.75 Å². The summed E-state index contributed by atoms with van der Waals surface area (Å²) < 4.78 is 5.72. The van der Waals surface area contributed by atoms with E-state index in [0.717, 1.165) is 38.2 Å². The van der Waals surface area contributed by atoms with Crippen molar-refractivity contribution in [3.05, 3.63) is 29.8 Å². The molecule has 0 spiro atoms. The van der Waals surface area contributed by atoms with Crippen molar-refractivity contribution in [2.75, 3.05) is 26.2 Å². The molecule has 1 atom stereocenters. The molecule has 1 saturated heterocycles. The second-order valence-corrected chi connectivity index (χ2v) is 5.55. The Morgan fingerprint density at radius 2 is 2.15 bits per heavy atom. The Morgan fingerprint density at radius 1 is 1.40 bits per heavy atom. The molecule has 1 fully saturated rings. The molecular formula is C16H23NO3. The van der Waals surface area contributed by atoms with Gasteiger partial charge in [0.05, 0.1) is 0 Å². The van der Waals surface area contributed by atoms with Crippen molar-refractivity contribution in [2.24, 2.45) is 5.92 Å². The number of aryl methyl sites for hydroxylation is 1. The molecule has 1 heterocycles. The van der Waals surface area contributed by atoms with Gasteiger partial charge in [0, 0.05) is 19.5 Å². The van der Waals surface area contributed by atoms with Gasteiger partial charge >= 0.3 is 5.97 Å². The molecule has 4 heteroatoms. The molecule has 1 N–H and O–H groups in total. The van der Waals surface area contributed by atoms with Crippen LogP contribution < -0.4 is 4.74 Å². The van der Waals surface area contributed by atoms with E-state index >= 15 is 0 Å². The summed E-state index contributed by atoms with van der Waals surface area (Å²) in [4.78, 5) is 12.9. The Kier molecular flexibility index (Phi) is 5.41. The molecule has 1 aliphatic rings. The summed E-state index contributed by atoms with van der Waals surface area (Å²) in [5.41, 5.74) is 1.23. The van der Waals surface area contributed by atoms with Crippen LogP contribution in [0.3, 0.4) is 0 Å². The number of carbonyl (C=O) groups is 1. The molecule has 0 radical (unpaired) electrons. The van der Waals surface area contributed by atoms with E-state index in [1.165, 1.54) is 5.56 Å². The number of carboxylic acids is 1. The van der Waals surface area contributed by atoms with Crippen molar-refractivity contribution in [1.29, 1.82) is 0 Å². The molecule has 1 aromatic carbocycles. The predicted octanol–water partition coefficient (Wildman–Crippen LogP) is 2.56. The summed E-state index contributed by atoms with van der Waals surface area (Å²) in [5.74, 6) is 0.758. The van der Waals surface area contributed by atoms with Crippen LogP contribution in [0, 0.1) is 12.8 Å². The van der Waals surface area contributed by atoms with Gasteiger partial charge in [0.15, 0.2) is 0 Å². The number of rotatable bonds is 7. The summed E-state index contributed by atoms with van der Waals surface area (Å²) in [6, 6.07) is 8.09. The summed E-state index contributed by atoms with van der Waals surface area (Å²) in [7, 11) is 0. The number of hydrogen-bond donors (Lipinski definition) is 1. The molecule has 0 bridgehead atoms. The minimum atomic E-state index is -0.689. The maximum atomic E-state index is 10.6. The van der Waals surface area contributed by atoms with E-state index in [-0.39, 0.29) is 0 Å². The van der Waals surface area contributed by atoms with Crippen molar-refractivity contribution in [3.63, 3.8) is 0 Å². The fourth-order valence-electron chi connectivity index (χ4n) is 2.61. The van der Waals surface area contributed by atoms with Crippen LogP contribution in [0.25, 0.3) is 0 Å². The molecule has 4 nitrogen and oxygen atoms in total. The first-order chi connectivity index (χ1) is 9.63. The molecule has 1 aliphatic heterocycles. The highest BCUT2D eigenvalue weighted by Crippen LogP contribution is 2.20. The largest absolute Gasteiger partial charge is 0.492 e. The third-order valence-electron chi connectivity index (χ3n) is 3.83. The van der Waals surface area contributed by atoms with Crippen molar-refractivity contribution < 1.29 is 14.6 Å². The van der Waals surface area contributed by atoms with Crippen LogP contribution in [0.15, 0.2) is 24.3 Å². The second-order valence-electron chi connectivity index (χ2n) is 5.55. The molecule has 2 rings (SSSR count). The zero-order valence-corrected chi connectivity index (χ0v) is 12.0. The van der Waals surface area contributed by atoms with Crippen molar-refractivity contribution in [2.45, 2.75) is 26.2 Å². The summed E-state index contributed by atoms with van der Waals surface area (Å²) in [5, 5.41) is 8.69. The first kappa shape index (κ1) is 14.9. The van der Waals surface area contributed by atoms with Crippen LogP contribution in [0.2, 0.25) is 0 Å². The van der Waals surface area contributed by atoms with Crippen molar-refractivity contribution in [1.82, 2.24) is 4.90 Å². The molecule has 1 unspecified atom stereocenters. The number of nitrogens with zero attached hydrogens (tertiary/aromatic N) is 1. The molecule has 0 aliphatic carbocycles. The second kappa shape index (κ2) is 7.29. The van der Waals surface area contributed by atoms with E-state index < -0.39 is 5.97 Å². The minimum absolute atomic E-state index is 0.290. The van der Waals surface area contributed by atoms with Gasteiger partial charge < -0.3 is 9.84 Å². The Labute approximate surface area is 120 Å². The minimum Gasteiger partial charge on any atom is -0.492 e. The van der Waals surface area contributed by atoms with Gasteiger partial charge in [-0.05, 0) is 44.4 Å². The lowest BCUT2D eigenvalue weighted by Crippen LogP contribution is -2.26. The topological polar surface area (TPSA) is 49.8 Å². The van der Waals surface area contributed by atoms with E-state index in [1.54, 1.807) is 0 Å². The third kappa shape index (κ3) is 4.85. The average molecular weight is 277 g/mol. The van der Waals surface area contributed by atoms with Gasteiger partial charge in [-0.3, -0.25) is 9.69 Å². The van der Waals surface area contributed by atoms with Crippen LogP contribution in [-0.4, -0.2) is 42.2 Å². The standard InChI is InChI=1S/C16H23NO3/c1-13-2-5-15(6-3-13)20-11-10-17-9-8-14(12-17)4-7-16(18)19/h2-3,5-6,14H,4,7-12H2,1H3,(H,18,19). The Morgan fingerprint density at radius 3 is 2.85 bits per heavy atom. The lowest BCUT2D eigenvalue weighted by molar-refractivity contribution is -0.137. The third-order valence-corrected chi connectivity index (χ3v) is 3.83. The predicted molar refractivity (Wildman–Crippen MR) is 78.1 cm³/mol. The van der Waals surface area contributed by atoms with Crippen LogP contribution in [-0.2, 0) is 4.79 Å². The molecule has 0 saturated carbocycles. The van der Waals surface area contributed by atoms with Crippen LogP contribution in [0.4, 0.5) is 0 Å².